The van der Waals surface area contributed by atoms with Crippen LogP contribution in [0.5, 0.6) is 5.75 Å². The molecule has 6 heteroatoms. The third-order valence-electron chi connectivity index (χ3n) is 4.85. The predicted octanol–water partition coefficient (Wildman–Crippen LogP) is 7.35. The van der Waals surface area contributed by atoms with Crippen molar-refractivity contribution in [1.82, 2.24) is 0 Å². The van der Waals surface area contributed by atoms with Crippen molar-refractivity contribution in [2.24, 2.45) is 4.99 Å². The Bertz CT molecular complexity index is 1100. The van der Waals surface area contributed by atoms with Crippen molar-refractivity contribution in [3.63, 3.8) is 0 Å². The molecule has 0 amide bonds. The van der Waals surface area contributed by atoms with Gasteiger partial charge in [-0.05, 0) is 64.9 Å². The summed E-state index contributed by atoms with van der Waals surface area (Å²) in [5.74, 6) is 0.737. The number of halogens is 2. The number of hydrogen-bond acceptors (Lipinski definition) is 4. The molecular formula is C23H18Br2N2OS. The molecule has 1 aliphatic carbocycles. The van der Waals surface area contributed by atoms with Crippen LogP contribution in [0.4, 0.5) is 5.00 Å². The summed E-state index contributed by atoms with van der Waals surface area (Å²) in [5.41, 5.74) is 3.90. The molecule has 0 fully saturated rings. The highest BCUT2D eigenvalue weighted by molar-refractivity contribution is 9.11. The van der Waals surface area contributed by atoms with E-state index in [0.717, 1.165) is 55.6 Å². The average Bonchev–Trinajstić information content (AvgIpc) is 3.09. The molecule has 0 unspecified atom stereocenters. The van der Waals surface area contributed by atoms with Crippen LogP contribution in [0.15, 0.2) is 56.4 Å². The van der Waals surface area contributed by atoms with Crippen molar-refractivity contribution in [3.05, 3.63) is 78.5 Å². The van der Waals surface area contributed by atoms with E-state index in [1.165, 1.54) is 16.9 Å². The van der Waals surface area contributed by atoms with Crippen LogP contribution in [0, 0.1) is 11.3 Å². The lowest BCUT2D eigenvalue weighted by Crippen LogP contribution is -1.99. The maximum absolute atomic E-state index is 9.66. The quantitative estimate of drug-likeness (QED) is 0.324. The highest BCUT2D eigenvalue weighted by Gasteiger charge is 2.20. The van der Waals surface area contributed by atoms with E-state index in [0.29, 0.717) is 6.61 Å². The van der Waals surface area contributed by atoms with Gasteiger partial charge >= 0.3 is 0 Å². The monoisotopic (exact) mass is 528 g/mol. The van der Waals surface area contributed by atoms with E-state index in [9.17, 15) is 5.26 Å². The van der Waals surface area contributed by atoms with Crippen molar-refractivity contribution >= 4 is 54.4 Å². The van der Waals surface area contributed by atoms with Crippen LogP contribution in [-0.2, 0) is 19.4 Å². The van der Waals surface area contributed by atoms with Crippen molar-refractivity contribution in [3.8, 4) is 11.8 Å². The lowest BCUT2D eigenvalue weighted by atomic mass is 9.96. The number of nitrogens with zero attached hydrogens (tertiary/aromatic N) is 2. The highest BCUT2D eigenvalue weighted by atomic mass is 79.9. The summed E-state index contributed by atoms with van der Waals surface area (Å²) in [4.78, 5) is 6.02. The minimum atomic E-state index is 0.471. The largest absolute Gasteiger partial charge is 0.487 e. The maximum atomic E-state index is 9.66. The fourth-order valence-electron chi connectivity index (χ4n) is 3.44. The highest BCUT2D eigenvalue weighted by Crippen LogP contribution is 2.40. The van der Waals surface area contributed by atoms with Crippen LogP contribution in [0.1, 0.15) is 40.0 Å². The molecule has 0 saturated carbocycles. The second-order valence-electron chi connectivity index (χ2n) is 6.84. The van der Waals surface area contributed by atoms with Crippen LogP contribution >= 0.6 is 43.2 Å². The molecule has 3 nitrogen and oxygen atoms in total. The van der Waals surface area contributed by atoms with E-state index in [2.05, 4.69) is 37.9 Å². The van der Waals surface area contributed by atoms with E-state index in [-0.39, 0.29) is 0 Å². The number of hydrogen-bond donors (Lipinski definition) is 0. The van der Waals surface area contributed by atoms with Gasteiger partial charge in [-0.25, -0.2) is 4.99 Å². The summed E-state index contributed by atoms with van der Waals surface area (Å²) in [6, 6.07) is 16.4. The van der Waals surface area contributed by atoms with Gasteiger partial charge in [-0.1, -0.05) is 46.3 Å². The molecular weight excluding hydrogens is 512 g/mol. The Hall–Kier alpha value is -1.94. The van der Waals surface area contributed by atoms with Gasteiger partial charge in [0, 0.05) is 21.1 Å². The number of rotatable bonds is 5. The van der Waals surface area contributed by atoms with Crippen molar-refractivity contribution in [1.29, 1.82) is 5.26 Å². The summed E-state index contributed by atoms with van der Waals surface area (Å²) in [6.07, 6.45) is 6.18. The lowest BCUT2D eigenvalue weighted by molar-refractivity contribution is 0.304. The minimum absolute atomic E-state index is 0.471. The summed E-state index contributed by atoms with van der Waals surface area (Å²) in [6.45, 7) is 0.471. The minimum Gasteiger partial charge on any atom is -0.487 e. The second-order valence-corrected chi connectivity index (χ2v) is 9.69. The van der Waals surface area contributed by atoms with Gasteiger partial charge in [-0.2, -0.15) is 5.26 Å². The first-order valence-electron chi connectivity index (χ1n) is 9.40. The van der Waals surface area contributed by atoms with E-state index < -0.39 is 0 Å². The number of nitriles is 1. The third kappa shape index (κ3) is 4.63. The number of benzene rings is 2. The van der Waals surface area contributed by atoms with Gasteiger partial charge in [0.1, 0.15) is 23.4 Å². The Morgan fingerprint density at radius 2 is 1.93 bits per heavy atom. The number of aryl methyl sites for hydroxylation is 1. The number of thiophene rings is 1. The summed E-state index contributed by atoms with van der Waals surface area (Å²) >= 11 is 8.80. The van der Waals surface area contributed by atoms with Gasteiger partial charge in [0.05, 0.1) is 10.0 Å². The third-order valence-corrected chi connectivity index (χ3v) is 7.10. The van der Waals surface area contributed by atoms with E-state index in [1.807, 2.05) is 42.5 Å². The van der Waals surface area contributed by atoms with Crippen LogP contribution < -0.4 is 4.74 Å². The molecule has 0 spiro atoms. The molecule has 3 aromatic rings. The first kappa shape index (κ1) is 20.3. The number of fused-ring (bicyclic) bond motifs is 1. The number of ether oxygens (including phenoxy) is 1. The first-order valence-corrected chi connectivity index (χ1v) is 11.8. The van der Waals surface area contributed by atoms with Crippen LogP contribution in [0.2, 0.25) is 0 Å². The molecule has 0 N–H and O–H groups in total. The number of aliphatic imine (C=N–C) groups is 1. The Kier molecular flexibility index (Phi) is 6.49. The molecule has 4 rings (SSSR count). The fraction of sp³-hybridized carbons (Fsp3) is 0.217. The standard InChI is InChI=1S/C23H18Br2N2OS/c24-17-10-16(22(20(25)11-17)28-14-15-6-2-1-3-7-15)13-27-23-19(12-26)18-8-4-5-9-21(18)29-23/h1-3,6-7,10-11,13H,4-5,8-9,14H2. The Labute approximate surface area is 191 Å². The summed E-state index contributed by atoms with van der Waals surface area (Å²) < 4.78 is 7.91. The fourth-order valence-corrected chi connectivity index (χ4v) is 6.00. The molecule has 146 valence electrons. The zero-order valence-corrected chi connectivity index (χ0v) is 19.6. The molecule has 0 atom stereocenters. The molecule has 0 bridgehead atoms. The van der Waals surface area contributed by atoms with Gasteiger partial charge in [-0.15, -0.1) is 11.3 Å². The normalized spacial score (nSPS) is 13.3. The van der Waals surface area contributed by atoms with Crippen molar-refractivity contribution in [2.75, 3.05) is 0 Å². The Morgan fingerprint density at radius 3 is 2.72 bits per heavy atom. The molecule has 1 heterocycles. The van der Waals surface area contributed by atoms with E-state index in [4.69, 9.17) is 9.73 Å². The zero-order valence-electron chi connectivity index (χ0n) is 15.6. The molecule has 1 aliphatic rings. The second kappa shape index (κ2) is 9.25. The zero-order chi connectivity index (χ0) is 20.2. The van der Waals surface area contributed by atoms with Crippen molar-refractivity contribution < 1.29 is 4.74 Å². The van der Waals surface area contributed by atoms with Gasteiger partial charge in [0.2, 0.25) is 0 Å². The SMILES string of the molecule is N#Cc1c(N=Cc2cc(Br)cc(Br)c2OCc2ccccc2)sc2c1CCCC2. The van der Waals surface area contributed by atoms with E-state index >= 15 is 0 Å². The first-order chi connectivity index (χ1) is 14.2. The lowest BCUT2D eigenvalue weighted by Gasteiger charge is -2.12. The average molecular weight is 530 g/mol. The molecule has 0 radical (unpaired) electrons. The predicted molar refractivity (Wildman–Crippen MR) is 126 cm³/mol. The topological polar surface area (TPSA) is 45.4 Å². The van der Waals surface area contributed by atoms with Gasteiger partial charge < -0.3 is 4.74 Å². The maximum Gasteiger partial charge on any atom is 0.142 e. The van der Waals surface area contributed by atoms with Gasteiger partial charge in [0.25, 0.3) is 0 Å². The van der Waals surface area contributed by atoms with Gasteiger partial charge in [0.15, 0.2) is 0 Å². The molecule has 29 heavy (non-hydrogen) atoms. The van der Waals surface area contributed by atoms with Gasteiger partial charge in [-0.3, -0.25) is 0 Å². The van der Waals surface area contributed by atoms with Crippen LogP contribution in [-0.4, -0.2) is 6.21 Å². The molecule has 0 saturated heterocycles. The molecule has 1 aromatic heterocycles. The molecule has 2 aromatic carbocycles. The van der Waals surface area contributed by atoms with Crippen LogP contribution in [0.3, 0.4) is 0 Å². The Balaban J connectivity index is 1.65. The summed E-state index contributed by atoms with van der Waals surface area (Å²) in [5, 5.41) is 10.5. The van der Waals surface area contributed by atoms with Crippen molar-refractivity contribution in [2.45, 2.75) is 32.3 Å². The Morgan fingerprint density at radius 1 is 1.14 bits per heavy atom. The van der Waals surface area contributed by atoms with Crippen LogP contribution in [0.25, 0.3) is 0 Å². The molecule has 0 aliphatic heterocycles. The summed E-state index contributed by atoms with van der Waals surface area (Å²) in [7, 11) is 0. The van der Waals surface area contributed by atoms with E-state index in [1.54, 1.807) is 17.6 Å². The smallest absolute Gasteiger partial charge is 0.142 e.